The first-order valence-electron chi connectivity index (χ1n) is 8.68. The van der Waals surface area contributed by atoms with Gasteiger partial charge in [-0.2, -0.15) is 0 Å². The molecule has 1 aliphatic heterocycles. The summed E-state index contributed by atoms with van der Waals surface area (Å²) in [5, 5.41) is 6.73. The summed E-state index contributed by atoms with van der Waals surface area (Å²) in [5.41, 5.74) is 1.21. The number of likely N-dealkylation sites (N-methyl/N-ethyl adjacent to an activating group) is 1. The first kappa shape index (κ1) is 19.8. The average Bonchev–Trinajstić information content (AvgIpc) is 3.00. The van der Waals surface area contributed by atoms with E-state index in [0.29, 0.717) is 33.6 Å². The van der Waals surface area contributed by atoms with Gasteiger partial charge in [-0.05, 0) is 37.7 Å². The van der Waals surface area contributed by atoms with Crippen molar-refractivity contribution in [1.29, 1.82) is 0 Å². The number of ether oxygens (including phenoxy) is 1. The molecule has 1 aliphatic rings. The van der Waals surface area contributed by atoms with Crippen molar-refractivity contribution in [2.75, 3.05) is 38.6 Å². The highest BCUT2D eigenvalue weighted by atomic mass is 35.5. The molecule has 1 saturated heterocycles. The third-order valence-corrected chi connectivity index (χ3v) is 5.79. The Hall–Kier alpha value is -1.93. The van der Waals surface area contributed by atoms with Gasteiger partial charge in [0.2, 0.25) is 0 Å². The second-order valence-electron chi connectivity index (χ2n) is 6.52. The van der Waals surface area contributed by atoms with Crippen LogP contribution in [0.15, 0.2) is 30.3 Å². The monoisotopic (exact) mass is 407 g/mol. The highest BCUT2D eigenvalue weighted by Gasteiger charge is 2.20. The molecule has 27 heavy (non-hydrogen) atoms. The summed E-state index contributed by atoms with van der Waals surface area (Å²) in [5.74, 6) is -0.458. The third kappa shape index (κ3) is 5.07. The number of hydrogen-bond donors (Lipinski definition) is 2. The van der Waals surface area contributed by atoms with E-state index in [9.17, 15) is 9.59 Å². The van der Waals surface area contributed by atoms with E-state index in [2.05, 4.69) is 15.5 Å². The third-order valence-electron chi connectivity index (χ3n) is 4.31. The number of rotatable bonds is 5. The molecule has 0 radical (unpaired) electrons. The first-order chi connectivity index (χ1) is 12.9. The number of thiophene rings is 1. The molecule has 2 aromatic rings. The number of halogens is 1. The Morgan fingerprint density at radius 2 is 2.11 bits per heavy atom. The molecule has 144 valence electrons. The van der Waals surface area contributed by atoms with Gasteiger partial charge < -0.3 is 20.3 Å². The van der Waals surface area contributed by atoms with Crippen molar-refractivity contribution in [1.82, 2.24) is 10.2 Å². The van der Waals surface area contributed by atoms with Crippen LogP contribution >= 0.6 is 22.9 Å². The van der Waals surface area contributed by atoms with E-state index in [0.717, 1.165) is 18.7 Å². The zero-order valence-electron chi connectivity index (χ0n) is 15.3. The van der Waals surface area contributed by atoms with Gasteiger partial charge in [0.1, 0.15) is 0 Å². The van der Waals surface area contributed by atoms with E-state index in [1.165, 1.54) is 11.3 Å². The van der Waals surface area contributed by atoms with E-state index < -0.39 is 0 Å². The van der Waals surface area contributed by atoms with Crippen molar-refractivity contribution in [3.05, 3.63) is 51.4 Å². The Bertz CT molecular complexity index is 839. The maximum absolute atomic E-state index is 12.5. The number of hydrogen-bond acceptors (Lipinski definition) is 5. The molecule has 0 bridgehead atoms. The van der Waals surface area contributed by atoms with Gasteiger partial charge >= 0.3 is 0 Å². The van der Waals surface area contributed by atoms with Crippen LogP contribution in [-0.2, 0) is 4.74 Å². The topological polar surface area (TPSA) is 70.7 Å². The molecule has 1 aromatic heterocycles. The molecule has 0 saturated carbocycles. The van der Waals surface area contributed by atoms with Crippen molar-refractivity contribution in [2.24, 2.45) is 0 Å². The lowest BCUT2D eigenvalue weighted by atomic mass is 10.2. The zero-order chi connectivity index (χ0) is 19.4. The summed E-state index contributed by atoms with van der Waals surface area (Å²) >= 11 is 7.31. The van der Waals surface area contributed by atoms with Crippen LogP contribution in [0, 0.1) is 6.92 Å². The summed E-state index contributed by atoms with van der Waals surface area (Å²) in [4.78, 5) is 27.6. The molecule has 3 rings (SSSR count). The van der Waals surface area contributed by atoms with Gasteiger partial charge in [0.15, 0.2) is 0 Å². The standard InChI is InChI=1S/C19H22ClN3O3S/c1-12-9-16(22-18(24)14-5-3-4-6-15(14)20)27-17(12)19(25)21-10-13-11-23(2)7-8-26-13/h3-6,9,13H,7-8,10-11H2,1-2H3,(H,21,25)(H,22,24). The second-order valence-corrected chi connectivity index (χ2v) is 7.98. The van der Waals surface area contributed by atoms with Crippen LogP contribution in [0.1, 0.15) is 25.6 Å². The van der Waals surface area contributed by atoms with E-state index in [1.54, 1.807) is 30.3 Å². The number of carbonyl (C=O) groups excluding carboxylic acids is 2. The fourth-order valence-corrected chi connectivity index (χ4v) is 4.08. The van der Waals surface area contributed by atoms with Crippen molar-refractivity contribution in [3.63, 3.8) is 0 Å². The molecule has 1 unspecified atom stereocenters. The fourth-order valence-electron chi connectivity index (χ4n) is 2.87. The molecular weight excluding hydrogens is 386 g/mol. The van der Waals surface area contributed by atoms with Crippen LogP contribution in [0.25, 0.3) is 0 Å². The predicted molar refractivity (Wildman–Crippen MR) is 108 cm³/mol. The molecule has 2 N–H and O–H groups in total. The minimum Gasteiger partial charge on any atom is -0.374 e. The van der Waals surface area contributed by atoms with Crippen LogP contribution in [0.4, 0.5) is 5.00 Å². The number of aryl methyl sites for hydroxylation is 1. The van der Waals surface area contributed by atoms with Crippen LogP contribution in [0.3, 0.4) is 0 Å². The predicted octanol–water partition coefficient (Wildman–Crippen LogP) is 3.02. The van der Waals surface area contributed by atoms with E-state index in [-0.39, 0.29) is 17.9 Å². The number of amides is 2. The minimum atomic E-state index is -0.299. The molecule has 0 spiro atoms. The fraction of sp³-hybridized carbons (Fsp3) is 0.368. The van der Waals surface area contributed by atoms with Crippen molar-refractivity contribution in [2.45, 2.75) is 13.0 Å². The largest absolute Gasteiger partial charge is 0.374 e. The van der Waals surface area contributed by atoms with E-state index >= 15 is 0 Å². The van der Waals surface area contributed by atoms with Gasteiger partial charge in [0, 0.05) is 19.6 Å². The Morgan fingerprint density at radius 3 is 2.85 bits per heavy atom. The summed E-state index contributed by atoms with van der Waals surface area (Å²) in [7, 11) is 2.04. The lowest BCUT2D eigenvalue weighted by Crippen LogP contribution is -2.45. The number of benzene rings is 1. The van der Waals surface area contributed by atoms with Crippen LogP contribution in [0.2, 0.25) is 5.02 Å². The molecule has 0 aliphatic carbocycles. The number of carbonyl (C=O) groups is 2. The summed E-state index contributed by atoms with van der Waals surface area (Å²) in [6.07, 6.45) is -0.00707. The maximum atomic E-state index is 12.5. The normalized spacial score (nSPS) is 17.5. The maximum Gasteiger partial charge on any atom is 0.261 e. The van der Waals surface area contributed by atoms with Gasteiger partial charge in [0.05, 0.1) is 33.2 Å². The average molecular weight is 408 g/mol. The smallest absolute Gasteiger partial charge is 0.261 e. The van der Waals surface area contributed by atoms with E-state index in [1.807, 2.05) is 14.0 Å². The van der Waals surface area contributed by atoms with Crippen LogP contribution in [0.5, 0.6) is 0 Å². The van der Waals surface area contributed by atoms with Crippen LogP contribution < -0.4 is 10.6 Å². The number of nitrogens with one attached hydrogen (secondary N) is 2. The van der Waals surface area contributed by atoms with Crippen molar-refractivity contribution >= 4 is 39.8 Å². The van der Waals surface area contributed by atoms with Gasteiger partial charge in [-0.3, -0.25) is 9.59 Å². The molecule has 2 heterocycles. The molecular formula is C19H22ClN3O3S. The number of morpholine rings is 1. The van der Waals surface area contributed by atoms with Gasteiger partial charge in [-0.25, -0.2) is 0 Å². The first-order valence-corrected chi connectivity index (χ1v) is 9.88. The second kappa shape index (κ2) is 8.84. The molecule has 1 fully saturated rings. The quantitative estimate of drug-likeness (QED) is 0.799. The Morgan fingerprint density at radius 1 is 1.33 bits per heavy atom. The Labute approximate surface area is 167 Å². The van der Waals surface area contributed by atoms with Gasteiger partial charge in [-0.1, -0.05) is 23.7 Å². The summed E-state index contributed by atoms with van der Waals surface area (Å²) in [6, 6.07) is 8.64. The minimum absolute atomic E-state index is 0.00707. The van der Waals surface area contributed by atoms with Crippen molar-refractivity contribution in [3.8, 4) is 0 Å². The molecule has 8 heteroatoms. The number of nitrogens with zero attached hydrogens (tertiary/aromatic N) is 1. The zero-order valence-corrected chi connectivity index (χ0v) is 16.8. The molecule has 6 nitrogen and oxygen atoms in total. The highest BCUT2D eigenvalue weighted by molar-refractivity contribution is 7.18. The Balaban J connectivity index is 1.61. The van der Waals surface area contributed by atoms with Gasteiger partial charge in [0.25, 0.3) is 11.8 Å². The van der Waals surface area contributed by atoms with Crippen molar-refractivity contribution < 1.29 is 14.3 Å². The highest BCUT2D eigenvalue weighted by Crippen LogP contribution is 2.27. The molecule has 1 atom stereocenters. The number of anilines is 1. The lowest BCUT2D eigenvalue weighted by molar-refractivity contribution is -0.0174. The Kier molecular flexibility index (Phi) is 6.49. The summed E-state index contributed by atoms with van der Waals surface area (Å²) < 4.78 is 5.66. The lowest BCUT2D eigenvalue weighted by Gasteiger charge is -2.30. The summed E-state index contributed by atoms with van der Waals surface area (Å²) in [6.45, 7) is 4.68. The van der Waals surface area contributed by atoms with E-state index in [4.69, 9.17) is 16.3 Å². The van der Waals surface area contributed by atoms with Gasteiger partial charge in [-0.15, -0.1) is 11.3 Å². The van der Waals surface area contributed by atoms with Crippen LogP contribution in [-0.4, -0.2) is 56.1 Å². The molecule has 2 amide bonds. The SMILES string of the molecule is Cc1cc(NC(=O)c2ccccc2Cl)sc1C(=O)NCC1CN(C)CCO1. The molecule has 1 aromatic carbocycles.